The van der Waals surface area contributed by atoms with Crippen LogP contribution in [0.25, 0.3) is 0 Å². The minimum atomic E-state index is -4.27. The van der Waals surface area contributed by atoms with Crippen molar-refractivity contribution in [3.8, 4) is 0 Å². The number of rotatable bonds is 5. The maximum absolute atomic E-state index is 12.4. The molecule has 118 valence electrons. The van der Waals surface area contributed by atoms with E-state index in [1.54, 1.807) is 0 Å². The monoisotopic (exact) mass is 301 g/mol. The van der Waals surface area contributed by atoms with Gasteiger partial charge < -0.3 is 10.1 Å². The third-order valence-electron chi connectivity index (χ3n) is 3.99. The van der Waals surface area contributed by atoms with Crippen molar-refractivity contribution in [1.29, 1.82) is 0 Å². The number of ether oxygens (including phenoxy) is 1. The molecule has 0 heterocycles. The highest BCUT2D eigenvalue weighted by molar-refractivity contribution is 5.20. The molecule has 0 aromatic heterocycles. The van der Waals surface area contributed by atoms with Gasteiger partial charge in [-0.3, -0.25) is 0 Å². The summed E-state index contributed by atoms with van der Waals surface area (Å²) < 4.78 is 42.4. The summed E-state index contributed by atoms with van der Waals surface area (Å²) in [4.78, 5) is 0. The lowest BCUT2D eigenvalue weighted by atomic mass is 9.80. The lowest BCUT2D eigenvalue weighted by Gasteiger charge is -2.36. The smallest absolute Gasteiger partial charge is 0.367 e. The fourth-order valence-corrected chi connectivity index (χ4v) is 3.04. The zero-order valence-electron chi connectivity index (χ0n) is 12.2. The van der Waals surface area contributed by atoms with Gasteiger partial charge in [0.1, 0.15) is 6.61 Å². The van der Waals surface area contributed by atoms with E-state index in [1.165, 1.54) is 5.56 Å². The van der Waals surface area contributed by atoms with Gasteiger partial charge >= 0.3 is 6.18 Å². The van der Waals surface area contributed by atoms with Gasteiger partial charge in [-0.05, 0) is 37.3 Å². The number of benzene rings is 1. The second kappa shape index (κ2) is 7.27. The molecule has 1 saturated carbocycles. The Morgan fingerprint density at radius 3 is 2.52 bits per heavy atom. The Hall–Kier alpha value is -1.07. The standard InChI is InChI=1S/C16H22F3NO/c1-2-20-14-9-8-13(12-6-4-3-5-7-12)10-15(14)21-11-16(17,18)19/h3-7,13-15,20H,2,8-11H2,1H3. The van der Waals surface area contributed by atoms with Crippen LogP contribution < -0.4 is 5.32 Å². The molecule has 0 amide bonds. The highest BCUT2D eigenvalue weighted by atomic mass is 19.4. The number of halogens is 3. The molecule has 1 fully saturated rings. The molecule has 0 bridgehead atoms. The Kier molecular flexibility index (Phi) is 5.65. The van der Waals surface area contributed by atoms with Crippen molar-refractivity contribution in [3.63, 3.8) is 0 Å². The number of alkyl halides is 3. The summed E-state index contributed by atoms with van der Waals surface area (Å²) in [7, 11) is 0. The zero-order valence-corrected chi connectivity index (χ0v) is 12.2. The van der Waals surface area contributed by atoms with Crippen molar-refractivity contribution in [2.45, 2.75) is 50.4 Å². The van der Waals surface area contributed by atoms with Crippen LogP contribution in [0.15, 0.2) is 30.3 Å². The third-order valence-corrected chi connectivity index (χ3v) is 3.99. The van der Waals surface area contributed by atoms with Crippen LogP contribution in [-0.4, -0.2) is 31.5 Å². The van der Waals surface area contributed by atoms with Gasteiger partial charge in [0.2, 0.25) is 0 Å². The average Bonchev–Trinajstić information content (AvgIpc) is 2.46. The highest BCUT2D eigenvalue weighted by Gasteiger charge is 2.35. The van der Waals surface area contributed by atoms with Crippen LogP contribution >= 0.6 is 0 Å². The maximum atomic E-state index is 12.4. The van der Waals surface area contributed by atoms with Gasteiger partial charge in [-0.25, -0.2) is 0 Å². The highest BCUT2D eigenvalue weighted by Crippen LogP contribution is 2.35. The van der Waals surface area contributed by atoms with Gasteiger partial charge in [0.15, 0.2) is 0 Å². The van der Waals surface area contributed by atoms with Gasteiger partial charge in [0, 0.05) is 6.04 Å². The van der Waals surface area contributed by atoms with Gasteiger partial charge in [-0.2, -0.15) is 13.2 Å². The average molecular weight is 301 g/mol. The lowest BCUT2D eigenvalue weighted by Crippen LogP contribution is -2.46. The van der Waals surface area contributed by atoms with Crippen molar-refractivity contribution in [2.24, 2.45) is 0 Å². The minimum absolute atomic E-state index is 0.0114. The first-order valence-electron chi connectivity index (χ1n) is 7.46. The molecule has 1 aromatic rings. The molecular weight excluding hydrogens is 279 g/mol. The zero-order chi connectivity index (χ0) is 15.3. The molecule has 3 atom stereocenters. The third kappa shape index (κ3) is 5.00. The molecule has 5 heteroatoms. The SMILES string of the molecule is CCNC1CCC(c2ccccc2)CC1OCC(F)(F)F. The van der Waals surface area contributed by atoms with Gasteiger partial charge in [0.25, 0.3) is 0 Å². The fourth-order valence-electron chi connectivity index (χ4n) is 3.04. The second-order valence-electron chi connectivity index (χ2n) is 5.55. The molecule has 21 heavy (non-hydrogen) atoms. The fraction of sp³-hybridized carbons (Fsp3) is 0.625. The topological polar surface area (TPSA) is 21.3 Å². The van der Waals surface area contributed by atoms with Gasteiger partial charge in [-0.15, -0.1) is 0 Å². The van der Waals surface area contributed by atoms with Crippen LogP contribution in [0, 0.1) is 0 Å². The van der Waals surface area contributed by atoms with Crippen molar-refractivity contribution in [2.75, 3.05) is 13.2 Å². The Morgan fingerprint density at radius 1 is 1.19 bits per heavy atom. The molecule has 1 N–H and O–H groups in total. The summed E-state index contributed by atoms with van der Waals surface area (Å²) in [6.07, 6.45) is -2.19. The van der Waals surface area contributed by atoms with E-state index in [0.717, 1.165) is 19.4 Å². The van der Waals surface area contributed by atoms with Crippen molar-refractivity contribution >= 4 is 0 Å². The summed E-state index contributed by atoms with van der Waals surface area (Å²) in [6.45, 7) is 1.54. The second-order valence-corrected chi connectivity index (χ2v) is 5.55. The van der Waals surface area contributed by atoms with Crippen molar-refractivity contribution in [1.82, 2.24) is 5.32 Å². The largest absolute Gasteiger partial charge is 0.411 e. The van der Waals surface area contributed by atoms with Crippen LogP contribution in [0.1, 0.15) is 37.7 Å². The van der Waals surface area contributed by atoms with Crippen molar-refractivity contribution < 1.29 is 17.9 Å². The molecule has 1 aliphatic rings. The van der Waals surface area contributed by atoms with E-state index in [-0.39, 0.29) is 18.1 Å². The van der Waals surface area contributed by atoms with E-state index in [1.807, 2.05) is 37.3 Å². The summed E-state index contributed by atoms with van der Waals surface area (Å²) in [5, 5.41) is 3.25. The Balaban J connectivity index is 2.01. The Labute approximate surface area is 123 Å². The molecule has 0 saturated heterocycles. The van der Waals surface area contributed by atoms with Crippen LogP contribution in [0.4, 0.5) is 13.2 Å². The first-order chi connectivity index (χ1) is 9.99. The van der Waals surface area contributed by atoms with E-state index in [4.69, 9.17) is 4.74 Å². The Morgan fingerprint density at radius 2 is 1.90 bits per heavy atom. The predicted octanol–water partition coefficient (Wildman–Crippen LogP) is 3.88. The number of hydrogen-bond donors (Lipinski definition) is 1. The van der Waals surface area contributed by atoms with Crippen LogP contribution in [0.3, 0.4) is 0 Å². The molecular formula is C16H22F3NO. The van der Waals surface area contributed by atoms with E-state index in [9.17, 15) is 13.2 Å². The molecule has 3 unspecified atom stereocenters. The summed E-state index contributed by atoms with van der Waals surface area (Å²) in [5.74, 6) is 0.277. The number of hydrogen-bond acceptors (Lipinski definition) is 2. The molecule has 1 aromatic carbocycles. The van der Waals surface area contributed by atoms with Crippen LogP contribution in [0.5, 0.6) is 0 Å². The normalized spacial score (nSPS) is 26.8. The molecule has 0 radical (unpaired) electrons. The quantitative estimate of drug-likeness (QED) is 0.891. The van der Waals surface area contributed by atoms with Gasteiger partial charge in [-0.1, -0.05) is 37.3 Å². The van der Waals surface area contributed by atoms with Crippen LogP contribution in [-0.2, 0) is 4.74 Å². The van der Waals surface area contributed by atoms with Crippen LogP contribution in [0.2, 0.25) is 0 Å². The molecule has 0 spiro atoms. The molecule has 2 nitrogen and oxygen atoms in total. The minimum Gasteiger partial charge on any atom is -0.367 e. The van der Waals surface area contributed by atoms with E-state index >= 15 is 0 Å². The summed E-state index contributed by atoms with van der Waals surface area (Å²) in [5.41, 5.74) is 1.19. The van der Waals surface area contributed by atoms with Gasteiger partial charge in [0.05, 0.1) is 6.10 Å². The summed E-state index contributed by atoms with van der Waals surface area (Å²) >= 11 is 0. The van der Waals surface area contributed by atoms with E-state index in [2.05, 4.69) is 5.32 Å². The number of nitrogens with one attached hydrogen (secondary N) is 1. The molecule has 2 rings (SSSR count). The first kappa shape index (κ1) is 16.3. The number of likely N-dealkylation sites (N-methyl/N-ethyl adjacent to an activating group) is 1. The first-order valence-corrected chi connectivity index (χ1v) is 7.46. The summed E-state index contributed by atoms with van der Waals surface area (Å²) in [6, 6.07) is 9.98. The van der Waals surface area contributed by atoms with Crippen molar-refractivity contribution in [3.05, 3.63) is 35.9 Å². The molecule has 0 aliphatic heterocycles. The Bertz CT molecular complexity index is 421. The molecule has 1 aliphatic carbocycles. The van der Waals surface area contributed by atoms with E-state index in [0.29, 0.717) is 6.42 Å². The predicted molar refractivity (Wildman–Crippen MR) is 76.3 cm³/mol. The van der Waals surface area contributed by atoms with E-state index < -0.39 is 12.8 Å². The maximum Gasteiger partial charge on any atom is 0.411 e. The lowest BCUT2D eigenvalue weighted by molar-refractivity contribution is -0.191.